The van der Waals surface area contributed by atoms with Crippen LogP contribution in [0.4, 0.5) is 0 Å². The van der Waals surface area contributed by atoms with Crippen LogP contribution in [0.25, 0.3) is 22.3 Å². The Hall–Kier alpha value is -3.68. The fraction of sp³-hybridized carbons (Fsp3) is 0.407. The van der Waals surface area contributed by atoms with E-state index in [1.165, 1.54) is 0 Å². The first kappa shape index (κ1) is 23.1. The number of nitrogens with zero attached hydrogens (tertiary/aromatic N) is 2. The molecule has 0 amide bonds. The molecule has 1 N–H and O–H groups in total. The molecule has 1 aromatic carbocycles. The number of aromatic nitrogens is 2. The summed E-state index contributed by atoms with van der Waals surface area (Å²) >= 11 is 0. The van der Waals surface area contributed by atoms with Crippen LogP contribution in [0.5, 0.6) is 5.75 Å². The Kier molecular flexibility index (Phi) is 5.05. The minimum Gasteiger partial charge on any atom is -0.508 e. The number of benzene rings is 1. The van der Waals surface area contributed by atoms with Gasteiger partial charge in [0.2, 0.25) is 5.60 Å². The molecule has 5 rings (SSSR count). The number of ether oxygens (including phenoxy) is 2. The minimum atomic E-state index is -1.70. The number of carbonyl (C=O) groups is 2. The van der Waals surface area contributed by atoms with E-state index in [-0.39, 0.29) is 24.3 Å². The number of phenols is 1. The van der Waals surface area contributed by atoms with Crippen molar-refractivity contribution in [2.45, 2.75) is 66.2 Å². The molecule has 0 unspecified atom stereocenters. The summed E-state index contributed by atoms with van der Waals surface area (Å²) in [7, 11) is 0. The molecular formula is C27H28N2O6. The van der Waals surface area contributed by atoms with Crippen molar-refractivity contribution < 1.29 is 24.2 Å². The standard InChI is InChI=1S/C27H28N2O6/c1-6-15-16-10-14(30)8-9-20(16)28-22-17(15)12-29-21(22)11-19-18(23(29)31)13-34-25(33)27(19,7-2)35-24(32)26(3,4)5/h8-11,30H,6-7,12-13H2,1-5H3/t27-/m0/s1. The van der Waals surface area contributed by atoms with E-state index in [9.17, 15) is 19.5 Å². The zero-order valence-electron chi connectivity index (χ0n) is 20.5. The Balaban J connectivity index is 1.77. The maximum Gasteiger partial charge on any atom is 0.355 e. The predicted octanol–water partition coefficient (Wildman–Crippen LogP) is 3.94. The van der Waals surface area contributed by atoms with Crippen LogP contribution in [0.1, 0.15) is 63.3 Å². The highest BCUT2D eigenvalue weighted by atomic mass is 16.6. The van der Waals surface area contributed by atoms with Crippen molar-refractivity contribution in [1.29, 1.82) is 0 Å². The van der Waals surface area contributed by atoms with Crippen LogP contribution in [0.15, 0.2) is 29.1 Å². The molecule has 182 valence electrons. The van der Waals surface area contributed by atoms with Crippen molar-refractivity contribution in [2.75, 3.05) is 0 Å². The quantitative estimate of drug-likeness (QED) is 0.446. The molecule has 0 saturated heterocycles. The van der Waals surface area contributed by atoms with Gasteiger partial charge in [0.25, 0.3) is 5.56 Å². The van der Waals surface area contributed by atoms with E-state index in [1.807, 2.05) is 6.92 Å². The van der Waals surface area contributed by atoms with Gasteiger partial charge in [-0.2, -0.15) is 0 Å². The average molecular weight is 477 g/mol. The molecule has 0 spiro atoms. The van der Waals surface area contributed by atoms with Gasteiger partial charge in [0, 0.05) is 16.5 Å². The van der Waals surface area contributed by atoms with Crippen LogP contribution >= 0.6 is 0 Å². The van der Waals surface area contributed by atoms with Gasteiger partial charge in [-0.25, -0.2) is 9.78 Å². The van der Waals surface area contributed by atoms with Crippen molar-refractivity contribution in [3.63, 3.8) is 0 Å². The van der Waals surface area contributed by atoms with Crippen LogP contribution in [0, 0.1) is 5.41 Å². The summed E-state index contributed by atoms with van der Waals surface area (Å²) in [6.07, 6.45) is 0.817. The summed E-state index contributed by atoms with van der Waals surface area (Å²) in [6, 6.07) is 6.79. The normalized spacial score (nSPS) is 18.6. The minimum absolute atomic E-state index is 0.126. The summed E-state index contributed by atoms with van der Waals surface area (Å²) in [4.78, 5) is 44.5. The first-order valence-electron chi connectivity index (χ1n) is 11.8. The molecule has 0 aliphatic carbocycles. The Labute approximate surface area is 202 Å². The predicted molar refractivity (Wildman–Crippen MR) is 129 cm³/mol. The number of aryl methyl sites for hydroxylation is 1. The van der Waals surface area contributed by atoms with Gasteiger partial charge in [-0.05, 0) is 63.4 Å². The number of cyclic esters (lactones) is 1. The van der Waals surface area contributed by atoms with Crippen molar-refractivity contribution in [1.82, 2.24) is 9.55 Å². The Morgan fingerprint density at radius 1 is 1.20 bits per heavy atom. The van der Waals surface area contributed by atoms with Crippen molar-refractivity contribution >= 4 is 22.8 Å². The molecule has 8 nitrogen and oxygen atoms in total. The Morgan fingerprint density at radius 2 is 1.94 bits per heavy atom. The van der Waals surface area contributed by atoms with E-state index in [0.717, 1.165) is 16.5 Å². The highest BCUT2D eigenvalue weighted by Crippen LogP contribution is 2.43. The summed E-state index contributed by atoms with van der Waals surface area (Å²) in [5.41, 5.74) is 1.69. The average Bonchev–Trinajstić information content (AvgIpc) is 3.17. The molecule has 0 bridgehead atoms. The SMILES string of the molecule is CCc1c2c(nc3ccc(O)cc13)-c1cc3c(c(=O)n1C2)COC(=O)[C@@]3(CC)OC(=O)C(C)(C)C. The number of pyridine rings is 2. The summed E-state index contributed by atoms with van der Waals surface area (Å²) < 4.78 is 12.9. The van der Waals surface area contributed by atoms with Crippen LogP contribution < -0.4 is 5.56 Å². The molecule has 1 atom stereocenters. The fourth-order valence-corrected chi connectivity index (χ4v) is 5.02. The van der Waals surface area contributed by atoms with Crippen LogP contribution in [-0.4, -0.2) is 26.6 Å². The molecule has 3 aromatic rings. The first-order chi connectivity index (χ1) is 16.5. The molecule has 0 saturated carbocycles. The van der Waals surface area contributed by atoms with Gasteiger partial charge in [-0.3, -0.25) is 9.59 Å². The second-order valence-corrected chi connectivity index (χ2v) is 10.2. The van der Waals surface area contributed by atoms with E-state index in [0.29, 0.717) is 41.0 Å². The zero-order chi connectivity index (χ0) is 25.3. The van der Waals surface area contributed by atoms with Crippen molar-refractivity contribution in [3.05, 3.63) is 56.9 Å². The van der Waals surface area contributed by atoms with Gasteiger partial charge in [-0.1, -0.05) is 13.8 Å². The fourth-order valence-electron chi connectivity index (χ4n) is 5.02. The summed E-state index contributed by atoms with van der Waals surface area (Å²) in [5, 5.41) is 10.9. The molecular weight excluding hydrogens is 448 g/mol. The number of carbonyl (C=O) groups excluding carboxylic acids is 2. The van der Waals surface area contributed by atoms with Crippen LogP contribution in [0.3, 0.4) is 0 Å². The third-order valence-corrected chi connectivity index (χ3v) is 6.99. The van der Waals surface area contributed by atoms with Crippen molar-refractivity contribution in [3.8, 4) is 17.1 Å². The number of fused-ring (bicyclic) bond motifs is 5. The summed E-state index contributed by atoms with van der Waals surface area (Å²) in [6.45, 7) is 9.03. The van der Waals surface area contributed by atoms with Crippen LogP contribution in [0.2, 0.25) is 0 Å². The summed E-state index contributed by atoms with van der Waals surface area (Å²) in [5.74, 6) is -1.08. The third-order valence-electron chi connectivity index (χ3n) is 6.99. The third kappa shape index (κ3) is 3.26. The lowest BCUT2D eigenvalue weighted by Gasteiger charge is -2.37. The van der Waals surface area contributed by atoms with Crippen LogP contribution in [-0.2, 0) is 44.2 Å². The van der Waals surface area contributed by atoms with E-state index >= 15 is 0 Å². The number of aromatic hydroxyl groups is 1. The second kappa shape index (κ2) is 7.66. The number of hydrogen-bond donors (Lipinski definition) is 1. The molecule has 8 heteroatoms. The van der Waals surface area contributed by atoms with Crippen molar-refractivity contribution in [2.24, 2.45) is 5.41 Å². The maximum atomic E-state index is 13.7. The maximum absolute atomic E-state index is 13.7. The number of rotatable bonds is 3. The molecule has 0 fully saturated rings. The van der Waals surface area contributed by atoms with E-state index in [1.54, 1.807) is 56.5 Å². The lowest BCUT2D eigenvalue weighted by molar-refractivity contribution is -0.194. The van der Waals surface area contributed by atoms with E-state index in [4.69, 9.17) is 14.5 Å². The number of phenolic OH excluding ortho intramolecular Hbond substituents is 1. The largest absolute Gasteiger partial charge is 0.508 e. The topological polar surface area (TPSA) is 108 Å². The Morgan fingerprint density at radius 3 is 2.60 bits per heavy atom. The monoisotopic (exact) mass is 476 g/mol. The van der Waals surface area contributed by atoms with Gasteiger partial charge in [0.05, 0.1) is 34.4 Å². The lowest BCUT2D eigenvalue weighted by atomic mass is 9.84. The highest BCUT2D eigenvalue weighted by molar-refractivity contribution is 5.91. The molecule has 2 aliphatic rings. The molecule has 2 aliphatic heterocycles. The second-order valence-electron chi connectivity index (χ2n) is 10.2. The van der Waals surface area contributed by atoms with Gasteiger partial charge in [-0.15, -0.1) is 0 Å². The van der Waals surface area contributed by atoms with Gasteiger partial charge in [0.1, 0.15) is 12.4 Å². The molecule has 2 aromatic heterocycles. The number of esters is 2. The van der Waals surface area contributed by atoms with E-state index in [2.05, 4.69) is 0 Å². The van der Waals surface area contributed by atoms with Gasteiger partial charge in [0.15, 0.2) is 0 Å². The Bertz CT molecular complexity index is 1480. The molecule has 4 heterocycles. The lowest BCUT2D eigenvalue weighted by Crippen LogP contribution is -2.48. The first-order valence-corrected chi connectivity index (χ1v) is 11.8. The van der Waals surface area contributed by atoms with Gasteiger partial charge >= 0.3 is 11.9 Å². The molecule has 35 heavy (non-hydrogen) atoms. The molecule has 0 radical (unpaired) electrons. The number of hydrogen-bond acceptors (Lipinski definition) is 7. The van der Waals surface area contributed by atoms with Gasteiger partial charge < -0.3 is 19.1 Å². The van der Waals surface area contributed by atoms with E-state index < -0.39 is 23.0 Å². The zero-order valence-corrected chi connectivity index (χ0v) is 20.5. The highest BCUT2D eigenvalue weighted by Gasteiger charge is 2.51. The smallest absolute Gasteiger partial charge is 0.355 e.